The van der Waals surface area contributed by atoms with Crippen LogP contribution in [0.15, 0.2) is 0 Å². The van der Waals surface area contributed by atoms with Crippen LogP contribution < -0.4 is 21.3 Å². The Labute approximate surface area is 765 Å². The van der Waals surface area contributed by atoms with E-state index in [0.717, 1.165) is 27.7 Å². The summed E-state index contributed by atoms with van der Waals surface area (Å²) < 4.78 is 123. The van der Waals surface area contributed by atoms with Gasteiger partial charge in [-0.05, 0) is 0 Å². The second-order valence-corrected chi connectivity index (χ2v) is 33.9. The maximum atomic E-state index is 13.2. The molecule has 11 aliphatic heterocycles. The number of hydrogen-bond acceptors (Lipinski definition) is 56. The Morgan fingerprint density at radius 3 is 0.772 bits per heavy atom. The van der Waals surface area contributed by atoms with E-state index in [1.54, 1.807) is 0 Å². The van der Waals surface area contributed by atoms with Crippen molar-refractivity contribution in [3.63, 3.8) is 0 Å². The number of ether oxygens (including phenoxy) is 21. The summed E-state index contributed by atoms with van der Waals surface area (Å²) >= 11 is 0. The lowest BCUT2D eigenvalue weighted by Crippen LogP contribution is -2.71. The van der Waals surface area contributed by atoms with Crippen molar-refractivity contribution >= 4 is 35.6 Å². The third-order valence-electron chi connectivity index (χ3n) is 24.5. The number of hydrogen-bond donors (Lipinski definition) is 35. The molecule has 0 bridgehead atoms. The molecule has 11 heterocycles. The average Bonchev–Trinajstić information content (AvgIpc) is 0.767. The van der Waals surface area contributed by atoms with Crippen molar-refractivity contribution in [3.8, 4) is 0 Å². The third kappa shape index (κ3) is 24.1. The molecule has 62 heteroatoms. The van der Waals surface area contributed by atoms with Crippen LogP contribution in [0.2, 0.25) is 0 Å². The van der Waals surface area contributed by atoms with Crippen molar-refractivity contribution in [2.24, 2.45) is 0 Å². The zero-order chi connectivity index (χ0) is 100. The number of aliphatic hydroxyl groups excluding tert-OH is 29. The number of aliphatic hydroxyl groups is 29. The van der Waals surface area contributed by atoms with Crippen molar-refractivity contribution in [1.29, 1.82) is 0 Å². The second kappa shape index (κ2) is 48.0. The zero-order valence-corrected chi connectivity index (χ0v) is 72.0. The highest BCUT2D eigenvalue weighted by molar-refractivity contribution is 5.75. The second-order valence-electron chi connectivity index (χ2n) is 33.9. The molecular weight excluding hydrogens is 1870 g/mol. The number of carbonyl (C=O) groups is 6. The van der Waals surface area contributed by atoms with Crippen molar-refractivity contribution in [2.45, 2.75) is 365 Å². The van der Waals surface area contributed by atoms with Gasteiger partial charge in [0.25, 0.3) is 0 Å². The lowest BCUT2D eigenvalue weighted by molar-refractivity contribution is -0.400. The van der Waals surface area contributed by atoms with Crippen LogP contribution in [-0.2, 0) is 128 Å². The molecule has 0 aliphatic carbocycles. The molecule has 0 radical (unpaired) electrons. The number of carboxylic acids is 2. The molecular formula is C74H120N4O58. The summed E-state index contributed by atoms with van der Waals surface area (Å²) in [5.41, 5.74) is 0. The van der Waals surface area contributed by atoms with Gasteiger partial charge in [0.05, 0.1) is 59.5 Å². The molecule has 4 amide bonds. The first-order valence-electron chi connectivity index (χ1n) is 42.6. The summed E-state index contributed by atoms with van der Waals surface area (Å²) in [7, 11) is 0. The van der Waals surface area contributed by atoms with Gasteiger partial charge in [0.2, 0.25) is 23.6 Å². The quantitative estimate of drug-likeness (QED) is 0.0280. The molecule has 0 aromatic carbocycles. The predicted octanol–water partition coefficient (Wildman–Crippen LogP) is -24.2. The molecule has 62 nitrogen and oxygen atoms in total. The number of nitrogens with one attached hydrogen (secondary N) is 4. The molecule has 35 N–H and O–H groups in total. The van der Waals surface area contributed by atoms with Gasteiger partial charge < -0.3 is 279 Å². The molecule has 0 aromatic rings. The average molecular weight is 1990 g/mol. The summed E-state index contributed by atoms with van der Waals surface area (Å²) in [5, 5.41) is 355. The Bertz CT molecular complexity index is 3830. The van der Waals surface area contributed by atoms with Gasteiger partial charge in [-0.1, -0.05) is 0 Å². The normalized spacial score (nSPS) is 49.2. The van der Waals surface area contributed by atoms with Gasteiger partial charge in [0.15, 0.2) is 81.4 Å². The van der Waals surface area contributed by atoms with Crippen LogP contribution in [0.5, 0.6) is 0 Å². The number of carbonyl (C=O) groups excluding carboxylic acids is 4. The summed E-state index contributed by atoms with van der Waals surface area (Å²) in [6.45, 7) is -7.36. The van der Waals surface area contributed by atoms with Gasteiger partial charge in [-0.2, -0.15) is 0 Å². The first kappa shape index (κ1) is 111. The lowest BCUT2D eigenvalue weighted by Gasteiger charge is -2.51. The minimum Gasteiger partial charge on any atom is -0.479 e. The van der Waals surface area contributed by atoms with Gasteiger partial charge in [-0.3, -0.25) is 19.2 Å². The molecule has 11 aliphatic rings. The lowest BCUT2D eigenvalue weighted by atomic mass is 9.93. The molecule has 11 rings (SSSR count). The van der Waals surface area contributed by atoms with E-state index in [2.05, 4.69) is 21.3 Å². The Morgan fingerprint density at radius 1 is 0.213 bits per heavy atom. The Balaban J connectivity index is 0.900. The minimum atomic E-state index is -2.68. The monoisotopic (exact) mass is 1990 g/mol. The highest BCUT2D eigenvalue weighted by Gasteiger charge is 2.63. The maximum Gasteiger partial charge on any atom is 0.335 e. The van der Waals surface area contributed by atoms with E-state index in [4.69, 9.17) is 99.5 Å². The largest absolute Gasteiger partial charge is 0.479 e. The predicted molar refractivity (Wildman–Crippen MR) is 410 cm³/mol. The third-order valence-corrected chi connectivity index (χ3v) is 24.5. The van der Waals surface area contributed by atoms with Crippen LogP contribution >= 0.6 is 0 Å². The highest BCUT2D eigenvalue weighted by atomic mass is 16.8. The van der Waals surface area contributed by atoms with E-state index in [1.165, 1.54) is 0 Å². The number of carboxylic acid groups (broad SMARTS) is 2. The summed E-state index contributed by atoms with van der Waals surface area (Å²) in [6.07, 6.45) is -115. The summed E-state index contributed by atoms with van der Waals surface area (Å²) in [6, 6.07) is -7.91. The molecule has 55 atom stereocenters. The van der Waals surface area contributed by atoms with Gasteiger partial charge >= 0.3 is 11.9 Å². The minimum absolute atomic E-state index is 0.826. The van der Waals surface area contributed by atoms with Crippen molar-refractivity contribution in [3.05, 3.63) is 0 Å². The van der Waals surface area contributed by atoms with Crippen LogP contribution in [0, 0.1) is 0 Å². The molecule has 0 saturated carbocycles. The zero-order valence-electron chi connectivity index (χ0n) is 72.0. The van der Waals surface area contributed by atoms with Crippen LogP contribution in [0.1, 0.15) is 27.7 Å². The Hall–Kier alpha value is -5.18. The summed E-state index contributed by atoms with van der Waals surface area (Å²) in [5.74, 6) is -7.70. The molecule has 0 unspecified atom stereocenters. The molecule has 0 aromatic heterocycles. The molecule has 11 fully saturated rings. The van der Waals surface area contributed by atoms with Gasteiger partial charge in [-0.25, -0.2) is 9.59 Å². The topological polar surface area (TPSA) is 972 Å². The smallest absolute Gasteiger partial charge is 0.335 e. The van der Waals surface area contributed by atoms with E-state index in [-0.39, 0.29) is 0 Å². The van der Waals surface area contributed by atoms with Crippen LogP contribution in [0.4, 0.5) is 0 Å². The van der Waals surface area contributed by atoms with Crippen molar-refractivity contribution < 1.29 is 287 Å². The van der Waals surface area contributed by atoms with Gasteiger partial charge in [0.1, 0.15) is 256 Å². The first-order chi connectivity index (χ1) is 64.2. The van der Waals surface area contributed by atoms with Gasteiger partial charge in [0, 0.05) is 27.7 Å². The highest BCUT2D eigenvalue weighted by Crippen LogP contribution is 2.42. The molecule has 136 heavy (non-hydrogen) atoms. The van der Waals surface area contributed by atoms with E-state index in [0.29, 0.717) is 0 Å². The van der Waals surface area contributed by atoms with E-state index < -0.39 is 433 Å². The van der Waals surface area contributed by atoms with E-state index in [1.807, 2.05) is 0 Å². The van der Waals surface area contributed by atoms with Crippen LogP contribution in [0.3, 0.4) is 0 Å². The number of amides is 4. The number of rotatable bonds is 35. The van der Waals surface area contributed by atoms with E-state index in [9.17, 15) is 187 Å². The molecule has 11 saturated heterocycles. The SMILES string of the molecule is CC(=O)N[C@@H]1[C@@H](O)[C@H](O[C@@H]2O[C@H](CO)[C@@H](O[C@@H]3O[C@H](CO[C@H]4O[C@H](CO)[C@@H](O)[C@H](O)[C@@H]4O[C@@H]4O[C@H](CO)[C@@H](O[C@@H]5O[C@H](CO)[C@H](O)[C@H](O[C@@H]6O[C@H](C(=O)O)[C@@H](O)[C@H](O)[C@H]6O)[C@H]5O)[C@H](O)[C@H]4NC(C)=O)[C@@H](O)[C@H](O[C@H]4O[C@H](CO)[C@@H](O)[C@H](O)[C@@H]4O[C@@H]4O[C@H](CO)[C@@H](O[C@@H]5O[C@H](CO)[C@H](O)[C@H](O[C@@H]6O[C@H](C(=O)O)[C@@H](O)[C@H](O)[C@H]6O)[C@H]5O)[C@H](O)[C@H]4NC(C)=O)[C@@H]3O)[C@H](O)[C@H]2NC(C)=O)[C@@H](CO)O[C@H]1O. The molecule has 784 valence electrons. The van der Waals surface area contributed by atoms with Gasteiger partial charge in [-0.15, -0.1) is 0 Å². The first-order valence-corrected chi connectivity index (χ1v) is 42.6. The fraction of sp³-hybridized carbons (Fsp3) is 0.919. The van der Waals surface area contributed by atoms with Crippen molar-refractivity contribution in [2.75, 3.05) is 59.5 Å². The fourth-order valence-corrected chi connectivity index (χ4v) is 17.4. The van der Waals surface area contributed by atoms with Crippen molar-refractivity contribution in [1.82, 2.24) is 21.3 Å². The Kier molecular flexibility index (Phi) is 39.3. The summed E-state index contributed by atoms with van der Waals surface area (Å²) in [4.78, 5) is 75.6. The Morgan fingerprint density at radius 2 is 0.449 bits per heavy atom. The number of aliphatic carboxylic acids is 2. The van der Waals surface area contributed by atoms with E-state index >= 15 is 0 Å². The molecule has 0 spiro atoms. The maximum absolute atomic E-state index is 13.2. The van der Waals surface area contributed by atoms with Crippen LogP contribution in [-0.4, -0.2) is 591 Å². The van der Waals surface area contributed by atoms with Crippen LogP contribution in [0.25, 0.3) is 0 Å². The standard InChI is InChI=1S/C74H120N4O58/c1-14(87)75-27-36(96)51(22(9-83)117-64(27)115)126-65-28(76-15(2)88)37(97)54(23(10-84)122-65)129-72-50(110)57(132-74-61(43(103)32(92)19(6-80)121-74)136-67-30(78-17(4)90)39(99)53(25(12-86)124-67)128-71-49(109)56(34(94)21(8-82)119-71)131-69-47(107)41(101)45(105)59(134-69)63(113)114)35(95)26(125-72)13-116-73-60(42(102)31(91)18(5-79)120-73)135-66-29(77-16(3)89)38(98)52(24(11-85)123-66)127-70-48(108)55(33(93)20(7-81)118-70)130-68-46(106)40(100)44(104)58(133-68)62(111)112/h18-61,64-74,79-86,91-110,115H,5-13H2,1-4H3,(H,75,87)(H,76,88)(H,77,89)(H,78,90)(H,111,112)(H,113,114)/t18-,19-,20-,21-,22-,23-,24-,25-,26-,27-,28-,29-,30-,31-,32-,33+,34+,35-,36-,37-,38-,39-,40+,41+,42+,43+,44+,45+,46-,47-,48-,49-,50+,51-,52-,53-,54-,55+,56+,57+,58+,59+,60+,61+,64-,65+,66+,67+,68-,69-,70+,71+,72+,73+,74-/m1/s1. The fourth-order valence-electron chi connectivity index (χ4n) is 17.4.